The Morgan fingerprint density at radius 2 is 1.96 bits per heavy atom. The Bertz CT molecular complexity index is 604. The number of carbonyl (C=O) groups excluding carboxylic acids is 1. The van der Waals surface area contributed by atoms with E-state index in [-0.39, 0.29) is 5.91 Å². The van der Waals surface area contributed by atoms with E-state index in [0.717, 1.165) is 5.56 Å². The number of carbonyl (C=O) groups is 2. The van der Waals surface area contributed by atoms with Crippen LogP contribution in [0, 0.1) is 5.41 Å². The van der Waals surface area contributed by atoms with Gasteiger partial charge in [-0.15, -0.1) is 0 Å². The lowest BCUT2D eigenvalue weighted by Gasteiger charge is -2.19. The molecule has 0 aliphatic carbocycles. The molecular formula is C19H25NO3. The maximum atomic E-state index is 12.2. The van der Waals surface area contributed by atoms with Crippen LogP contribution < -0.4 is 0 Å². The molecule has 1 aromatic carbocycles. The first kappa shape index (κ1) is 17.3. The van der Waals surface area contributed by atoms with Crippen LogP contribution in [0.5, 0.6) is 0 Å². The normalized spacial score (nSPS) is 21.3. The van der Waals surface area contributed by atoms with Crippen molar-refractivity contribution in [1.82, 2.24) is 4.90 Å². The third-order valence-corrected chi connectivity index (χ3v) is 4.55. The first-order valence-corrected chi connectivity index (χ1v) is 8.09. The molecule has 1 N–H and O–H groups in total. The van der Waals surface area contributed by atoms with Crippen LogP contribution in [-0.4, -0.2) is 35.0 Å². The van der Waals surface area contributed by atoms with Crippen LogP contribution in [0.4, 0.5) is 0 Å². The van der Waals surface area contributed by atoms with Gasteiger partial charge in [0.2, 0.25) is 5.91 Å². The SMILES string of the molecule is CC(C)c1ccc(/C=C/CC(=O)N2CCC(C)(C(=O)O)C2)cc1. The van der Waals surface area contributed by atoms with E-state index >= 15 is 0 Å². The second kappa shape index (κ2) is 6.99. The summed E-state index contributed by atoms with van der Waals surface area (Å²) in [7, 11) is 0. The van der Waals surface area contributed by atoms with Crippen LogP contribution in [0.25, 0.3) is 6.08 Å². The zero-order valence-corrected chi connectivity index (χ0v) is 14.1. The number of benzene rings is 1. The largest absolute Gasteiger partial charge is 0.481 e. The molecule has 1 saturated heterocycles. The van der Waals surface area contributed by atoms with Crippen molar-refractivity contribution in [2.45, 2.75) is 39.5 Å². The van der Waals surface area contributed by atoms with Gasteiger partial charge in [0, 0.05) is 19.5 Å². The second-order valence-corrected chi connectivity index (χ2v) is 6.86. The molecule has 23 heavy (non-hydrogen) atoms. The summed E-state index contributed by atoms with van der Waals surface area (Å²) in [5.41, 5.74) is 1.56. The molecule has 1 atom stereocenters. The minimum atomic E-state index is -0.825. The van der Waals surface area contributed by atoms with Crippen LogP contribution >= 0.6 is 0 Å². The molecule has 1 aliphatic heterocycles. The lowest BCUT2D eigenvalue weighted by molar-refractivity contribution is -0.147. The molecule has 4 nitrogen and oxygen atoms in total. The average molecular weight is 315 g/mol. The molecule has 1 amide bonds. The fourth-order valence-electron chi connectivity index (χ4n) is 2.77. The average Bonchev–Trinajstić information content (AvgIpc) is 2.92. The highest BCUT2D eigenvalue weighted by molar-refractivity contribution is 5.81. The van der Waals surface area contributed by atoms with Crippen molar-refractivity contribution in [2.75, 3.05) is 13.1 Å². The number of nitrogens with zero attached hydrogens (tertiary/aromatic N) is 1. The monoisotopic (exact) mass is 315 g/mol. The summed E-state index contributed by atoms with van der Waals surface area (Å²) >= 11 is 0. The van der Waals surface area contributed by atoms with Gasteiger partial charge in [-0.3, -0.25) is 9.59 Å². The topological polar surface area (TPSA) is 57.6 Å². The summed E-state index contributed by atoms with van der Waals surface area (Å²) in [6.45, 7) is 6.85. The molecule has 1 fully saturated rings. The van der Waals surface area contributed by atoms with E-state index in [0.29, 0.717) is 31.8 Å². The fourth-order valence-corrected chi connectivity index (χ4v) is 2.77. The molecular weight excluding hydrogens is 290 g/mol. The van der Waals surface area contributed by atoms with Crippen molar-refractivity contribution in [2.24, 2.45) is 5.41 Å². The highest BCUT2D eigenvalue weighted by Gasteiger charge is 2.41. The smallest absolute Gasteiger partial charge is 0.311 e. The third-order valence-electron chi connectivity index (χ3n) is 4.55. The number of carboxylic acids is 1. The number of rotatable bonds is 5. The van der Waals surface area contributed by atoms with Gasteiger partial charge in [0.1, 0.15) is 0 Å². The zero-order chi connectivity index (χ0) is 17.0. The van der Waals surface area contributed by atoms with Gasteiger partial charge >= 0.3 is 5.97 Å². The summed E-state index contributed by atoms with van der Waals surface area (Å²) in [4.78, 5) is 25.0. The number of hydrogen-bond donors (Lipinski definition) is 1. The maximum absolute atomic E-state index is 12.2. The number of hydrogen-bond acceptors (Lipinski definition) is 2. The molecule has 1 aromatic rings. The van der Waals surface area contributed by atoms with Crippen molar-refractivity contribution in [3.63, 3.8) is 0 Å². The van der Waals surface area contributed by atoms with Gasteiger partial charge in [0.15, 0.2) is 0 Å². The summed E-state index contributed by atoms with van der Waals surface area (Å²) in [6, 6.07) is 8.30. The third kappa shape index (κ3) is 4.21. The zero-order valence-electron chi connectivity index (χ0n) is 14.1. The maximum Gasteiger partial charge on any atom is 0.311 e. The fraction of sp³-hybridized carbons (Fsp3) is 0.474. The van der Waals surface area contributed by atoms with E-state index in [9.17, 15) is 14.7 Å². The van der Waals surface area contributed by atoms with E-state index in [4.69, 9.17) is 0 Å². The molecule has 4 heteroatoms. The molecule has 124 valence electrons. The molecule has 0 radical (unpaired) electrons. The van der Waals surface area contributed by atoms with Crippen LogP contribution in [0.1, 0.15) is 50.7 Å². The van der Waals surface area contributed by atoms with E-state index in [2.05, 4.69) is 26.0 Å². The Labute approximate surface area is 137 Å². The van der Waals surface area contributed by atoms with Crippen molar-refractivity contribution in [1.29, 1.82) is 0 Å². The highest BCUT2D eigenvalue weighted by atomic mass is 16.4. The van der Waals surface area contributed by atoms with Crippen LogP contribution in [0.15, 0.2) is 30.3 Å². The summed E-state index contributed by atoms with van der Waals surface area (Å²) in [5, 5.41) is 9.21. The first-order valence-electron chi connectivity index (χ1n) is 8.09. The second-order valence-electron chi connectivity index (χ2n) is 6.86. The molecule has 0 bridgehead atoms. The number of likely N-dealkylation sites (tertiary alicyclic amines) is 1. The first-order chi connectivity index (χ1) is 10.8. The van der Waals surface area contributed by atoms with Crippen molar-refractivity contribution in [3.05, 3.63) is 41.5 Å². The van der Waals surface area contributed by atoms with Gasteiger partial charge in [-0.25, -0.2) is 0 Å². The van der Waals surface area contributed by atoms with Crippen molar-refractivity contribution in [3.8, 4) is 0 Å². The Hall–Kier alpha value is -2.10. The number of amides is 1. The quantitative estimate of drug-likeness (QED) is 0.904. The molecule has 0 spiro atoms. The van der Waals surface area contributed by atoms with E-state index < -0.39 is 11.4 Å². The minimum absolute atomic E-state index is 0.00924. The molecule has 2 rings (SSSR count). The van der Waals surface area contributed by atoms with Gasteiger partial charge in [0.25, 0.3) is 0 Å². The molecule has 1 aliphatic rings. The van der Waals surface area contributed by atoms with Crippen LogP contribution in [0.3, 0.4) is 0 Å². The lowest BCUT2D eigenvalue weighted by atomic mass is 9.90. The van der Waals surface area contributed by atoms with Gasteiger partial charge in [-0.1, -0.05) is 50.3 Å². The van der Waals surface area contributed by atoms with Gasteiger partial charge in [-0.2, -0.15) is 0 Å². The molecule has 0 aromatic heterocycles. The van der Waals surface area contributed by atoms with Crippen molar-refractivity contribution < 1.29 is 14.7 Å². The molecule has 1 heterocycles. The lowest BCUT2D eigenvalue weighted by Crippen LogP contribution is -2.34. The van der Waals surface area contributed by atoms with Crippen LogP contribution in [-0.2, 0) is 9.59 Å². The van der Waals surface area contributed by atoms with Gasteiger partial charge in [0.05, 0.1) is 5.41 Å². The number of carboxylic acid groups (broad SMARTS) is 1. The van der Waals surface area contributed by atoms with Gasteiger partial charge in [-0.05, 0) is 30.4 Å². The van der Waals surface area contributed by atoms with E-state index in [1.807, 2.05) is 24.3 Å². The van der Waals surface area contributed by atoms with Gasteiger partial charge < -0.3 is 10.0 Å². The predicted molar refractivity (Wildman–Crippen MR) is 91.1 cm³/mol. The van der Waals surface area contributed by atoms with E-state index in [1.165, 1.54) is 5.56 Å². The molecule has 0 saturated carbocycles. The Morgan fingerprint density at radius 3 is 2.48 bits per heavy atom. The Morgan fingerprint density at radius 1 is 1.30 bits per heavy atom. The van der Waals surface area contributed by atoms with Crippen LogP contribution in [0.2, 0.25) is 0 Å². The van der Waals surface area contributed by atoms with Crippen molar-refractivity contribution >= 4 is 18.0 Å². The van der Waals surface area contributed by atoms with E-state index in [1.54, 1.807) is 11.8 Å². The Kier molecular flexibility index (Phi) is 5.24. The standard InChI is InChI=1S/C19H25NO3/c1-14(2)16-9-7-15(8-10-16)5-4-6-17(21)20-12-11-19(3,13-20)18(22)23/h4-5,7-10,14H,6,11-13H2,1-3H3,(H,22,23)/b5-4+. The minimum Gasteiger partial charge on any atom is -0.481 e. The summed E-state index contributed by atoms with van der Waals surface area (Å²) < 4.78 is 0. The summed E-state index contributed by atoms with van der Waals surface area (Å²) in [6.07, 6.45) is 4.62. The number of aliphatic carboxylic acids is 1. The highest BCUT2D eigenvalue weighted by Crippen LogP contribution is 2.30. The molecule has 1 unspecified atom stereocenters. The Balaban J connectivity index is 1.88. The predicted octanol–water partition coefficient (Wildman–Crippen LogP) is 3.54. The summed E-state index contributed by atoms with van der Waals surface area (Å²) in [5.74, 6) is -0.327.